The summed E-state index contributed by atoms with van der Waals surface area (Å²) in [5, 5.41) is 3.09. The van der Waals surface area contributed by atoms with Gasteiger partial charge < -0.3 is 9.72 Å². The van der Waals surface area contributed by atoms with Crippen LogP contribution in [0.25, 0.3) is 10.9 Å². The van der Waals surface area contributed by atoms with Crippen molar-refractivity contribution in [1.29, 1.82) is 0 Å². The number of rotatable bonds is 2. The van der Waals surface area contributed by atoms with E-state index in [0.29, 0.717) is 6.42 Å². The molecular formula is C11H9N3O3. The Morgan fingerprint density at radius 2 is 2.29 bits per heavy atom. The summed E-state index contributed by atoms with van der Waals surface area (Å²) in [6, 6.07) is 1.86. The highest BCUT2D eigenvalue weighted by Gasteiger charge is 2.32. The van der Waals surface area contributed by atoms with Gasteiger partial charge in [-0.2, -0.15) is 0 Å². The predicted molar refractivity (Wildman–Crippen MR) is 58.2 cm³/mol. The van der Waals surface area contributed by atoms with E-state index in [-0.39, 0.29) is 0 Å². The van der Waals surface area contributed by atoms with Crippen molar-refractivity contribution in [2.45, 2.75) is 12.5 Å². The van der Waals surface area contributed by atoms with Crippen molar-refractivity contribution in [2.24, 2.45) is 0 Å². The minimum atomic E-state index is -0.741. The molecule has 2 amide bonds. The van der Waals surface area contributed by atoms with E-state index < -0.39 is 18.1 Å². The highest BCUT2D eigenvalue weighted by molar-refractivity contribution is 6.00. The van der Waals surface area contributed by atoms with Gasteiger partial charge in [0, 0.05) is 24.2 Å². The van der Waals surface area contributed by atoms with E-state index in [9.17, 15) is 9.59 Å². The zero-order valence-corrected chi connectivity index (χ0v) is 8.77. The molecule has 0 bridgehead atoms. The maximum atomic E-state index is 11.4. The quantitative estimate of drug-likeness (QED) is 0.798. The maximum absolute atomic E-state index is 11.4. The Labute approximate surface area is 96.0 Å². The van der Waals surface area contributed by atoms with E-state index in [1.54, 1.807) is 18.6 Å². The number of carbonyl (C=O) groups excluding carboxylic acids is 2. The maximum Gasteiger partial charge on any atom is 0.414 e. The van der Waals surface area contributed by atoms with Crippen molar-refractivity contribution in [3.63, 3.8) is 0 Å². The van der Waals surface area contributed by atoms with Crippen LogP contribution in [0, 0.1) is 0 Å². The second-order valence-electron chi connectivity index (χ2n) is 3.82. The second kappa shape index (κ2) is 3.58. The molecule has 86 valence electrons. The number of fused-ring (bicyclic) bond motifs is 1. The molecule has 3 heterocycles. The van der Waals surface area contributed by atoms with Gasteiger partial charge in [0.1, 0.15) is 0 Å². The molecule has 2 aromatic rings. The van der Waals surface area contributed by atoms with E-state index in [1.165, 1.54) is 0 Å². The SMILES string of the molecule is O=C1NC(=O)C(Cc2c[nH]c3cnccc23)O1. The number of aromatic nitrogens is 2. The van der Waals surface area contributed by atoms with E-state index in [0.717, 1.165) is 16.5 Å². The Balaban J connectivity index is 1.90. The molecule has 0 radical (unpaired) electrons. The van der Waals surface area contributed by atoms with Crippen LogP contribution in [0.5, 0.6) is 0 Å². The molecule has 0 spiro atoms. The summed E-state index contributed by atoms with van der Waals surface area (Å²) in [7, 11) is 0. The number of nitrogens with zero attached hydrogens (tertiary/aromatic N) is 1. The second-order valence-corrected chi connectivity index (χ2v) is 3.82. The molecule has 17 heavy (non-hydrogen) atoms. The standard InChI is InChI=1S/C11H9N3O3/c15-10-9(17-11(16)14-10)3-6-4-13-8-5-12-2-1-7(6)8/h1-2,4-5,9,13H,3H2,(H,14,15,16). The normalized spacial score (nSPS) is 19.4. The van der Waals surface area contributed by atoms with Crippen LogP contribution >= 0.6 is 0 Å². The zero-order valence-electron chi connectivity index (χ0n) is 8.77. The summed E-state index contributed by atoms with van der Waals surface area (Å²) in [6.07, 6.45) is 4.13. The summed E-state index contributed by atoms with van der Waals surface area (Å²) >= 11 is 0. The third kappa shape index (κ3) is 1.63. The van der Waals surface area contributed by atoms with Crippen LogP contribution in [0.15, 0.2) is 24.7 Å². The number of hydrogen-bond acceptors (Lipinski definition) is 4. The van der Waals surface area contributed by atoms with E-state index in [4.69, 9.17) is 4.74 Å². The average molecular weight is 231 g/mol. The summed E-state index contributed by atoms with van der Waals surface area (Å²) in [5.74, 6) is -0.390. The molecule has 0 saturated carbocycles. The number of aromatic amines is 1. The lowest BCUT2D eigenvalue weighted by Crippen LogP contribution is -2.25. The fourth-order valence-electron chi connectivity index (χ4n) is 1.93. The van der Waals surface area contributed by atoms with E-state index in [1.807, 2.05) is 6.07 Å². The van der Waals surface area contributed by atoms with Crippen LogP contribution < -0.4 is 5.32 Å². The van der Waals surface area contributed by atoms with Crippen molar-refractivity contribution in [3.8, 4) is 0 Å². The molecule has 6 heteroatoms. The Hall–Kier alpha value is -2.37. The van der Waals surface area contributed by atoms with Crippen molar-refractivity contribution in [2.75, 3.05) is 0 Å². The lowest BCUT2D eigenvalue weighted by atomic mass is 10.1. The van der Waals surface area contributed by atoms with Crippen LogP contribution in [-0.2, 0) is 16.0 Å². The zero-order chi connectivity index (χ0) is 11.8. The molecule has 1 aliphatic rings. The average Bonchev–Trinajstić information content (AvgIpc) is 2.85. The summed E-state index contributed by atoms with van der Waals surface area (Å²) in [5.41, 5.74) is 1.82. The number of imide groups is 1. The van der Waals surface area contributed by atoms with E-state index >= 15 is 0 Å². The summed E-state index contributed by atoms with van der Waals surface area (Å²) in [4.78, 5) is 29.3. The Bertz CT molecular complexity index is 605. The van der Waals surface area contributed by atoms with Gasteiger partial charge in [0.25, 0.3) is 5.91 Å². The number of ether oxygens (including phenoxy) is 1. The molecular weight excluding hydrogens is 222 g/mol. The van der Waals surface area contributed by atoms with Gasteiger partial charge in [-0.3, -0.25) is 15.1 Å². The highest BCUT2D eigenvalue weighted by atomic mass is 16.6. The van der Waals surface area contributed by atoms with Crippen molar-refractivity contribution < 1.29 is 14.3 Å². The fraction of sp³-hybridized carbons (Fsp3) is 0.182. The van der Waals surface area contributed by atoms with Crippen LogP contribution in [0.4, 0.5) is 4.79 Å². The Kier molecular flexibility index (Phi) is 2.07. The van der Waals surface area contributed by atoms with Gasteiger partial charge in [-0.05, 0) is 11.6 Å². The van der Waals surface area contributed by atoms with Crippen molar-refractivity contribution in [3.05, 3.63) is 30.2 Å². The number of cyclic esters (lactones) is 1. The molecule has 1 atom stereocenters. The molecule has 2 aromatic heterocycles. The smallest absolute Gasteiger partial charge is 0.414 e. The van der Waals surface area contributed by atoms with Crippen LogP contribution in [0.1, 0.15) is 5.56 Å². The van der Waals surface area contributed by atoms with Gasteiger partial charge >= 0.3 is 6.09 Å². The monoisotopic (exact) mass is 231 g/mol. The first-order chi connectivity index (χ1) is 8.24. The van der Waals surface area contributed by atoms with Crippen LogP contribution in [0.2, 0.25) is 0 Å². The minimum Gasteiger partial charge on any atom is -0.435 e. The third-order valence-electron chi connectivity index (χ3n) is 2.74. The first kappa shape index (κ1) is 9.83. The lowest BCUT2D eigenvalue weighted by Gasteiger charge is -2.04. The van der Waals surface area contributed by atoms with Gasteiger partial charge in [-0.15, -0.1) is 0 Å². The summed E-state index contributed by atoms with van der Waals surface area (Å²) in [6.45, 7) is 0. The number of H-pyrrole nitrogens is 1. The largest absolute Gasteiger partial charge is 0.435 e. The lowest BCUT2D eigenvalue weighted by molar-refractivity contribution is -0.123. The minimum absolute atomic E-state index is 0.363. The summed E-state index contributed by atoms with van der Waals surface area (Å²) < 4.78 is 4.87. The molecule has 1 saturated heterocycles. The Morgan fingerprint density at radius 1 is 1.41 bits per heavy atom. The molecule has 0 aliphatic carbocycles. The van der Waals surface area contributed by atoms with Crippen molar-refractivity contribution in [1.82, 2.24) is 15.3 Å². The molecule has 1 aliphatic heterocycles. The van der Waals surface area contributed by atoms with Gasteiger partial charge in [-0.1, -0.05) is 0 Å². The molecule has 0 aromatic carbocycles. The number of amides is 2. The first-order valence-corrected chi connectivity index (χ1v) is 5.15. The molecule has 1 unspecified atom stereocenters. The van der Waals surface area contributed by atoms with Gasteiger partial charge in [-0.25, -0.2) is 4.79 Å². The van der Waals surface area contributed by atoms with Crippen LogP contribution in [-0.4, -0.2) is 28.1 Å². The topological polar surface area (TPSA) is 84.1 Å². The Morgan fingerprint density at radius 3 is 3.06 bits per heavy atom. The van der Waals surface area contributed by atoms with Gasteiger partial charge in [0.2, 0.25) is 0 Å². The molecule has 3 rings (SSSR count). The van der Waals surface area contributed by atoms with E-state index in [2.05, 4.69) is 15.3 Å². The van der Waals surface area contributed by atoms with Crippen LogP contribution in [0.3, 0.4) is 0 Å². The number of alkyl carbamates (subject to hydrolysis) is 1. The number of nitrogens with one attached hydrogen (secondary N) is 2. The number of hydrogen-bond donors (Lipinski definition) is 2. The third-order valence-corrected chi connectivity index (χ3v) is 2.74. The van der Waals surface area contributed by atoms with Gasteiger partial charge in [0.15, 0.2) is 6.10 Å². The van der Waals surface area contributed by atoms with Crippen molar-refractivity contribution >= 4 is 22.9 Å². The molecule has 6 nitrogen and oxygen atoms in total. The number of carbonyl (C=O) groups is 2. The predicted octanol–water partition coefficient (Wildman–Crippen LogP) is 0.740. The van der Waals surface area contributed by atoms with Gasteiger partial charge in [0.05, 0.1) is 11.7 Å². The molecule has 1 fully saturated rings. The fourth-order valence-corrected chi connectivity index (χ4v) is 1.93. The highest BCUT2D eigenvalue weighted by Crippen LogP contribution is 2.20. The molecule has 2 N–H and O–H groups in total. The number of pyridine rings is 1. The first-order valence-electron chi connectivity index (χ1n) is 5.15.